The van der Waals surface area contributed by atoms with Gasteiger partial charge in [0.25, 0.3) is 0 Å². The molecule has 3 rings (SSSR count). The summed E-state index contributed by atoms with van der Waals surface area (Å²) in [6.45, 7) is 6.39. The van der Waals surface area contributed by atoms with Gasteiger partial charge in [0.05, 0.1) is 6.20 Å². The molecule has 1 saturated heterocycles. The first-order chi connectivity index (χ1) is 9.57. The number of hydrogen-bond acceptors (Lipinski definition) is 4. The first-order valence-electron chi connectivity index (χ1n) is 7.06. The molecule has 2 N–H and O–H groups in total. The fourth-order valence-electron chi connectivity index (χ4n) is 2.66. The molecule has 0 saturated carbocycles. The Bertz CT molecular complexity index is 562. The van der Waals surface area contributed by atoms with E-state index < -0.39 is 5.60 Å². The third-order valence-electron chi connectivity index (χ3n) is 3.90. The molecular formula is C14H21N5O. The van der Waals surface area contributed by atoms with Crippen LogP contribution in [0.4, 0.5) is 0 Å². The van der Waals surface area contributed by atoms with Crippen molar-refractivity contribution < 1.29 is 5.11 Å². The van der Waals surface area contributed by atoms with Gasteiger partial charge in [-0.1, -0.05) is 5.21 Å². The van der Waals surface area contributed by atoms with Crippen molar-refractivity contribution in [1.82, 2.24) is 24.9 Å². The molecule has 108 valence electrons. The Balaban J connectivity index is 1.70. The first-order valence-corrected chi connectivity index (χ1v) is 7.06. The lowest BCUT2D eigenvalue weighted by atomic mass is 10.00. The summed E-state index contributed by atoms with van der Waals surface area (Å²) >= 11 is 0. The largest absolute Gasteiger partial charge is 0.382 e. The highest BCUT2D eigenvalue weighted by Crippen LogP contribution is 2.31. The van der Waals surface area contributed by atoms with Crippen LogP contribution in [0.25, 0.3) is 0 Å². The fraction of sp³-hybridized carbons (Fsp3) is 0.571. The third kappa shape index (κ3) is 2.48. The van der Waals surface area contributed by atoms with Crippen LogP contribution >= 0.6 is 0 Å². The van der Waals surface area contributed by atoms with E-state index in [-0.39, 0.29) is 6.04 Å². The van der Waals surface area contributed by atoms with Gasteiger partial charge in [-0.15, -0.1) is 5.10 Å². The number of aromatic amines is 1. The molecule has 6 nitrogen and oxygen atoms in total. The second-order valence-electron chi connectivity index (χ2n) is 5.87. The lowest BCUT2D eigenvalue weighted by Crippen LogP contribution is -2.31. The summed E-state index contributed by atoms with van der Waals surface area (Å²) in [5.41, 5.74) is 0.972. The van der Waals surface area contributed by atoms with E-state index in [1.54, 1.807) is 4.68 Å². The highest BCUT2D eigenvalue weighted by atomic mass is 16.3. The normalized spacial score (nSPS) is 23.8. The van der Waals surface area contributed by atoms with E-state index >= 15 is 0 Å². The molecule has 1 fully saturated rings. The molecule has 1 aliphatic heterocycles. The SMILES string of the molecule is CC(C)n1cc(C2(O)CCN(Cc3ccc[nH]3)C2)nn1. The molecule has 0 bridgehead atoms. The van der Waals surface area contributed by atoms with Crippen LogP contribution < -0.4 is 0 Å². The van der Waals surface area contributed by atoms with Crippen LogP contribution in [-0.2, 0) is 12.1 Å². The van der Waals surface area contributed by atoms with Crippen molar-refractivity contribution >= 4 is 0 Å². The Hall–Kier alpha value is -1.66. The Kier molecular flexibility index (Phi) is 3.35. The standard InChI is InChI=1S/C14H21N5O/c1-11(2)19-9-13(16-17-19)14(20)5-7-18(10-14)8-12-4-3-6-15-12/h3-4,6,9,11,15,20H,5,7-8,10H2,1-2H3. The minimum Gasteiger partial charge on any atom is -0.382 e. The summed E-state index contributed by atoms with van der Waals surface area (Å²) in [6, 6.07) is 4.31. The molecule has 0 spiro atoms. The second-order valence-corrected chi connectivity index (χ2v) is 5.87. The minimum absolute atomic E-state index is 0.260. The van der Waals surface area contributed by atoms with E-state index in [1.165, 1.54) is 5.69 Å². The van der Waals surface area contributed by atoms with E-state index in [0.29, 0.717) is 18.7 Å². The molecule has 1 atom stereocenters. The molecule has 2 aromatic rings. The number of β-amino-alcohol motifs (C(OH)–C–C–N with tert-alkyl or cyclic N) is 1. The number of nitrogens with one attached hydrogen (secondary N) is 1. The van der Waals surface area contributed by atoms with Crippen molar-refractivity contribution in [2.75, 3.05) is 13.1 Å². The smallest absolute Gasteiger partial charge is 0.124 e. The molecule has 0 amide bonds. The average Bonchev–Trinajstić information content (AvgIpc) is 3.10. The van der Waals surface area contributed by atoms with Crippen LogP contribution in [0, 0.1) is 0 Å². The van der Waals surface area contributed by atoms with Gasteiger partial charge in [0, 0.05) is 37.6 Å². The van der Waals surface area contributed by atoms with E-state index in [9.17, 15) is 5.11 Å². The van der Waals surface area contributed by atoms with Crippen molar-refractivity contribution in [3.05, 3.63) is 35.9 Å². The number of aliphatic hydroxyl groups is 1. The maximum Gasteiger partial charge on any atom is 0.124 e. The topological polar surface area (TPSA) is 70.0 Å². The monoisotopic (exact) mass is 275 g/mol. The quantitative estimate of drug-likeness (QED) is 0.882. The van der Waals surface area contributed by atoms with Crippen molar-refractivity contribution in [3.63, 3.8) is 0 Å². The molecule has 1 aliphatic rings. The molecule has 3 heterocycles. The van der Waals surface area contributed by atoms with E-state index in [4.69, 9.17) is 0 Å². The Labute approximate surface area is 118 Å². The Morgan fingerprint density at radius 1 is 1.50 bits per heavy atom. The lowest BCUT2D eigenvalue weighted by molar-refractivity contribution is 0.0407. The first kappa shape index (κ1) is 13.3. The number of rotatable bonds is 4. The number of hydrogen-bond donors (Lipinski definition) is 2. The zero-order valence-corrected chi connectivity index (χ0v) is 12.0. The fourth-order valence-corrected chi connectivity index (χ4v) is 2.66. The summed E-state index contributed by atoms with van der Waals surface area (Å²) in [5, 5.41) is 19.0. The maximum atomic E-state index is 10.8. The van der Waals surface area contributed by atoms with Crippen molar-refractivity contribution in [3.8, 4) is 0 Å². The van der Waals surface area contributed by atoms with Crippen LogP contribution in [0.3, 0.4) is 0 Å². The molecule has 20 heavy (non-hydrogen) atoms. The molecule has 6 heteroatoms. The van der Waals surface area contributed by atoms with Gasteiger partial charge < -0.3 is 10.1 Å². The van der Waals surface area contributed by atoms with E-state index in [1.807, 2.05) is 18.5 Å². The third-order valence-corrected chi connectivity index (χ3v) is 3.90. The van der Waals surface area contributed by atoms with Crippen LogP contribution in [0.15, 0.2) is 24.5 Å². The Morgan fingerprint density at radius 3 is 3.00 bits per heavy atom. The summed E-state index contributed by atoms with van der Waals surface area (Å²) in [5.74, 6) is 0. The van der Waals surface area contributed by atoms with Gasteiger partial charge in [0.1, 0.15) is 11.3 Å². The summed E-state index contributed by atoms with van der Waals surface area (Å²) in [6.07, 6.45) is 4.49. The number of aromatic nitrogens is 4. The van der Waals surface area contributed by atoms with Crippen LogP contribution in [-0.4, -0.2) is 43.1 Å². The van der Waals surface area contributed by atoms with Gasteiger partial charge in [0.2, 0.25) is 0 Å². The number of likely N-dealkylation sites (tertiary alicyclic amines) is 1. The van der Waals surface area contributed by atoms with Crippen LogP contribution in [0.2, 0.25) is 0 Å². The van der Waals surface area contributed by atoms with Crippen molar-refractivity contribution in [1.29, 1.82) is 0 Å². The number of H-pyrrole nitrogens is 1. The van der Waals surface area contributed by atoms with Crippen LogP contribution in [0.1, 0.15) is 37.7 Å². The van der Waals surface area contributed by atoms with Gasteiger partial charge in [-0.3, -0.25) is 4.90 Å². The molecule has 0 aliphatic carbocycles. The van der Waals surface area contributed by atoms with E-state index in [2.05, 4.69) is 40.1 Å². The highest BCUT2D eigenvalue weighted by molar-refractivity contribution is 5.12. The predicted molar refractivity (Wildman–Crippen MR) is 75.0 cm³/mol. The molecule has 2 aromatic heterocycles. The summed E-state index contributed by atoms with van der Waals surface area (Å²) in [7, 11) is 0. The summed E-state index contributed by atoms with van der Waals surface area (Å²) < 4.78 is 1.79. The molecule has 1 unspecified atom stereocenters. The van der Waals surface area contributed by atoms with Gasteiger partial charge in [0.15, 0.2) is 0 Å². The number of nitrogens with zero attached hydrogens (tertiary/aromatic N) is 4. The zero-order chi connectivity index (χ0) is 14.2. The second kappa shape index (κ2) is 5.03. The van der Waals surface area contributed by atoms with Crippen molar-refractivity contribution in [2.24, 2.45) is 0 Å². The zero-order valence-electron chi connectivity index (χ0n) is 12.0. The minimum atomic E-state index is -0.875. The molecule has 0 aromatic carbocycles. The average molecular weight is 275 g/mol. The van der Waals surface area contributed by atoms with Crippen LogP contribution in [0.5, 0.6) is 0 Å². The van der Waals surface area contributed by atoms with E-state index in [0.717, 1.165) is 13.1 Å². The predicted octanol–water partition coefficient (Wildman–Crippen LogP) is 1.28. The lowest BCUT2D eigenvalue weighted by Gasteiger charge is -2.20. The molecule has 0 radical (unpaired) electrons. The highest BCUT2D eigenvalue weighted by Gasteiger charge is 2.40. The maximum absolute atomic E-state index is 10.8. The van der Waals surface area contributed by atoms with Gasteiger partial charge in [-0.05, 0) is 32.4 Å². The van der Waals surface area contributed by atoms with Gasteiger partial charge in [-0.2, -0.15) is 0 Å². The van der Waals surface area contributed by atoms with Gasteiger partial charge in [-0.25, -0.2) is 4.68 Å². The summed E-state index contributed by atoms with van der Waals surface area (Å²) in [4.78, 5) is 5.43. The molecular weight excluding hydrogens is 254 g/mol. The van der Waals surface area contributed by atoms with Gasteiger partial charge >= 0.3 is 0 Å². The van der Waals surface area contributed by atoms with Crippen molar-refractivity contribution in [2.45, 2.75) is 38.5 Å². The Morgan fingerprint density at radius 2 is 2.35 bits per heavy atom.